The summed E-state index contributed by atoms with van der Waals surface area (Å²) in [6.07, 6.45) is 5.02. The van der Waals surface area contributed by atoms with E-state index in [4.69, 9.17) is 5.73 Å². The first-order valence-electron chi connectivity index (χ1n) is 6.76. The van der Waals surface area contributed by atoms with E-state index in [0.717, 1.165) is 12.8 Å². The molecule has 1 amide bonds. The summed E-state index contributed by atoms with van der Waals surface area (Å²) in [5.74, 6) is 0.0397. The fourth-order valence-electron chi connectivity index (χ4n) is 2.40. The van der Waals surface area contributed by atoms with Crippen LogP contribution in [0.3, 0.4) is 0 Å². The molecular weight excluding hydrogens is 272 g/mol. The maximum Gasteiger partial charge on any atom is 0.277 e. The Balaban J connectivity index is 1.64. The van der Waals surface area contributed by atoms with Gasteiger partial charge in [-0.2, -0.15) is 0 Å². The van der Waals surface area contributed by atoms with Crippen LogP contribution in [-0.4, -0.2) is 31.9 Å². The van der Waals surface area contributed by atoms with Crippen molar-refractivity contribution in [1.82, 2.24) is 20.0 Å². The highest BCUT2D eigenvalue weighted by atomic mass is 16.2. The number of H-pyrrole nitrogens is 1. The molecule has 8 heteroatoms. The first-order valence-corrected chi connectivity index (χ1v) is 6.76. The number of aromatic nitrogens is 4. The Labute approximate surface area is 120 Å². The zero-order valence-corrected chi connectivity index (χ0v) is 11.3. The lowest BCUT2D eigenvalue weighted by atomic mass is 9.81. The number of anilines is 1. The maximum atomic E-state index is 12.0. The molecule has 0 aliphatic heterocycles. The van der Waals surface area contributed by atoms with Gasteiger partial charge in [0.25, 0.3) is 11.5 Å². The normalized spacial score (nSPS) is 20.8. The van der Waals surface area contributed by atoms with Crippen molar-refractivity contribution in [2.45, 2.75) is 25.4 Å². The van der Waals surface area contributed by atoms with Gasteiger partial charge in [0, 0.05) is 18.8 Å². The molecular formula is C13H16N6O2. The molecule has 0 aromatic carbocycles. The number of nitrogens with two attached hydrogens (primary N) is 1. The molecule has 0 bridgehead atoms. The van der Waals surface area contributed by atoms with E-state index in [1.165, 1.54) is 12.3 Å². The molecule has 0 spiro atoms. The van der Waals surface area contributed by atoms with Gasteiger partial charge in [-0.1, -0.05) is 5.21 Å². The number of carbonyl (C=O) groups is 1. The molecule has 2 aromatic heterocycles. The Morgan fingerprint density at radius 2 is 2.33 bits per heavy atom. The lowest BCUT2D eigenvalue weighted by Crippen LogP contribution is -2.38. The minimum absolute atomic E-state index is 0.182. The lowest BCUT2D eigenvalue weighted by molar-refractivity contribution is 0.102. The molecule has 0 atom stereocenters. The van der Waals surface area contributed by atoms with Crippen LogP contribution in [0.25, 0.3) is 0 Å². The van der Waals surface area contributed by atoms with Gasteiger partial charge in [0.15, 0.2) is 5.69 Å². The van der Waals surface area contributed by atoms with Crippen LogP contribution in [0.15, 0.2) is 29.3 Å². The molecule has 4 N–H and O–H groups in total. The number of pyridine rings is 1. The number of hydrogen-bond acceptors (Lipinski definition) is 5. The molecule has 0 saturated heterocycles. The van der Waals surface area contributed by atoms with E-state index in [1.807, 2.05) is 0 Å². The second kappa shape index (κ2) is 5.49. The molecule has 1 aliphatic carbocycles. The highest BCUT2D eigenvalue weighted by molar-refractivity contribution is 6.02. The van der Waals surface area contributed by atoms with Crippen molar-refractivity contribution in [3.05, 3.63) is 40.6 Å². The van der Waals surface area contributed by atoms with Crippen molar-refractivity contribution in [1.29, 1.82) is 0 Å². The molecule has 21 heavy (non-hydrogen) atoms. The fourth-order valence-corrected chi connectivity index (χ4v) is 2.40. The molecule has 8 nitrogen and oxygen atoms in total. The van der Waals surface area contributed by atoms with Crippen molar-refractivity contribution in [3.8, 4) is 0 Å². The van der Waals surface area contributed by atoms with E-state index >= 15 is 0 Å². The van der Waals surface area contributed by atoms with Gasteiger partial charge in [-0.15, -0.1) is 5.10 Å². The Morgan fingerprint density at radius 3 is 3.05 bits per heavy atom. The first kappa shape index (κ1) is 13.5. The van der Waals surface area contributed by atoms with E-state index in [9.17, 15) is 9.59 Å². The second-order valence-electron chi connectivity index (χ2n) is 5.29. The third-order valence-corrected chi connectivity index (χ3v) is 3.56. The average molecular weight is 288 g/mol. The number of aromatic amines is 1. The smallest absolute Gasteiger partial charge is 0.277 e. The van der Waals surface area contributed by atoms with Gasteiger partial charge < -0.3 is 16.0 Å². The molecule has 1 saturated carbocycles. The quantitative estimate of drug-likeness (QED) is 0.729. The minimum atomic E-state index is -0.455. The van der Waals surface area contributed by atoms with Gasteiger partial charge in [-0.25, -0.2) is 0 Å². The fraction of sp³-hybridized carbons (Fsp3) is 0.385. The van der Waals surface area contributed by atoms with E-state index in [0.29, 0.717) is 12.5 Å². The van der Waals surface area contributed by atoms with Crippen molar-refractivity contribution in [2.24, 2.45) is 11.7 Å². The van der Waals surface area contributed by atoms with Crippen LogP contribution < -0.4 is 16.6 Å². The predicted molar refractivity (Wildman–Crippen MR) is 75.7 cm³/mol. The summed E-state index contributed by atoms with van der Waals surface area (Å²) in [6.45, 7) is 0.708. The summed E-state index contributed by atoms with van der Waals surface area (Å²) < 4.78 is 1.64. The van der Waals surface area contributed by atoms with Crippen LogP contribution >= 0.6 is 0 Å². The number of nitrogens with one attached hydrogen (secondary N) is 2. The summed E-state index contributed by atoms with van der Waals surface area (Å²) >= 11 is 0. The lowest BCUT2D eigenvalue weighted by Gasteiger charge is -2.31. The molecule has 2 aromatic rings. The summed E-state index contributed by atoms with van der Waals surface area (Å²) in [6, 6.07) is 3.44. The minimum Gasteiger partial charge on any atom is -0.328 e. The van der Waals surface area contributed by atoms with E-state index in [1.54, 1.807) is 16.9 Å². The first-order chi connectivity index (χ1) is 10.1. The second-order valence-corrected chi connectivity index (χ2v) is 5.29. The average Bonchev–Trinajstić information content (AvgIpc) is 2.88. The Bertz CT molecular complexity index is 700. The van der Waals surface area contributed by atoms with Gasteiger partial charge in [0.05, 0.1) is 6.20 Å². The van der Waals surface area contributed by atoms with Crippen molar-refractivity contribution < 1.29 is 4.79 Å². The molecule has 1 aliphatic rings. The standard InChI is InChI=1S/C13H16N6O2/c14-9-4-8(5-9)6-19-7-11(17-18-19)13(21)16-10-2-1-3-15-12(10)20/h1-3,7-9H,4-6,14H2,(H,15,20)(H,16,21). The zero-order chi connectivity index (χ0) is 14.8. The Hall–Kier alpha value is -2.48. The highest BCUT2D eigenvalue weighted by Gasteiger charge is 2.26. The van der Waals surface area contributed by atoms with Crippen molar-refractivity contribution >= 4 is 11.6 Å². The Morgan fingerprint density at radius 1 is 1.52 bits per heavy atom. The van der Waals surface area contributed by atoms with Gasteiger partial charge in [0.2, 0.25) is 0 Å². The third-order valence-electron chi connectivity index (χ3n) is 3.56. The summed E-state index contributed by atoms with van der Waals surface area (Å²) in [5, 5.41) is 10.3. The molecule has 2 heterocycles. The molecule has 3 rings (SSSR count). The van der Waals surface area contributed by atoms with Crippen LogP contribution in [0.4, 0.5) is 5.69 Å². The van der Waals surface area contributed by atoms with Gasteiger partial charge in [-0.05, 0) is 30.9 Å². The monoisotopic (exact) mass is 288 g/mol. The molecule has 0 radical (unpaired) electrons. The Kier molecular flexibility index (Phi) is 3.53. The summed E-state index contributed by atoms with van der Waals surface area (Å²) in [4.78, 5) is 26.0. The maximum absolute atomic E-state index is 12.0. The van der Waals surface area contributed by atoms with Crippen LogP contribution in [0.2, 0.25) is 0 Å². The number of nitrogens with zero attached hydrogens (tertiary/aromatic N) is 3. The number of amides is 1. The largest absolute Gasteiger partial charge is 0.328 e. The van der Waals surface area contributed by atoms with Gasteiger partial charge in [-0.3, -0.25) is 14.3 Å². The summed E-state index contributed by atoms with van der Waals surface area (Å²) in [7, 11) is 0. The van der Waals surface area contributed by atoms with Gasteiger partial charge in [0.1, 0.15) is 5.69 Å². The van der Waals surface area contributed by atoms with Crippen LogP contribution in [0.1, 0.15) is 23.3 Å². The van der Waals surface area contributed by atoms with Crippen LogP contribution in [0, 0.1) is 5.92 Å². The zero-order valence-electron chi connectivity index (χ0n) is 11.3. The predicted octanol–water partition coefficient (Wildman–Crippen LogP) is -0.0440. The van der Waals surface area contributed by atoms with E-state index < -0.39 is 5.91 Å². The van der Waals surface area contributed by atoms with E-state index in [-0.39, 0.29) is 23.0 Å². The third kappa shape index (κ3) is 3.00. The molecule has 1 fully saturated rings. The number of hydrogen-bond donors (Lipinski definition) is 3. The topological polar surface area (TPSA) is 119 Å². The van der Waals surface area contributed by atoms with E-state index in [2.05, 4.69) is 20.6 Å². The van der Waals surface area contributed by atoms with Crippen LogP contribution in [0.5, 0.6) is 0 Å². The van der Waals surface area contributed by atoms with Crippen molar-refractivity contribution in [2.75, 3.05) is 5.32 Å². The number of rotatable bonds is 4. The molecule has 0 unspecified atom stereocenters. The SMILES string of the molecule is NC1CC(Cn2cc(C(=O)Nc3ccc[nH]c3=O)nn2)C1. The molecule has 110 valence electrons. The summed E-state index contributed by atoms with van der Waals surface area (Å²) in [5.41, 5.74) is 5.74. The number of carbonyl (C=O) groups excluding carboxylic acids is 1. The van der Waals surface area contributed by atoms with Gasteiger partial charge >= 0.3 is 0 Å². The van der Waals surface area contributed by atoms with Crippen LogP contribution in [-0.2, 0) is 6.54 Å². The van der Waals surface area contributed by atoms with Crippen molar-refractivity contribution in [3.63, 3.8) is 0 Å². The highest BCUT2D eigenvalue weighted by Crippen LogP contribution is 2.26.